The highest BCUT2D eigenvalue weighted by Gasteiger charge is 2.40. The van der Waals surface area contributed by atoms with E-state index in [1.54, 1.807) is 18.5 Å². The number of nitrogens with one attached hydrogen (secondary N) is 1. The maximum absolute atomic E-state index is 13.4. The van der Waals surface area contributed by atoms with Crippen LogP contribution in [-0.2, 0) is 9.47 Å². The molecule has 2 saturated heterocycles. The molecule has 180 valence electrons. The Bertz CT molecular complexity index is 1210. The second-order valence-corrected chi connectivity index (χ2v) is 8.75. The lowest BCUT2D eigenvalue weighted by Crippen LogP contribution is -2.45. The van der Waals surface area contributed by atoms with Crippen molar-refractivity contribution in [3.05, 3.63) is 89.7 Å². The van der Waals surface area contributed by atoms with Crippen molar-refractivity contribution in [1.29, 1.82) is 0 Å². The van der Waals surface area contributed by atoms with Crippen molar-refractivity contribution in [2.45, 2.75) is 25.6 Å². The van der Waals surface area contributed by atoms with Gasteiger partial charge in [-0.1, -0.05) is 36.4 Å². The number of piperidine rings is 1. The van der Waals surface area contributed by atoms with Gasteiger partial charge in [0.15, 0.2) is 5.79 Å². The van der Waals surface area contributed by atoms with Gasteiger partial charge in [-0.25, -0.2) is 14.4 Å². The summed E-state index contributed by atoms with van der Waals surface area (Å²) in [4.78, 5) is 11.7. The Morgan fingerprint density at radius 1 is 0.943 bits per heavy atom. The van der Waals surface area contributed by atoms with Crippen LogP contribution in [0.15, 0.2) is 82.8 Å². The Kier molecular flexibility index (Phi) is 6.88. The minimum Gasteiger partial charge on any atom is -0.369 e. The largest absolute Gasteiger partial charge is 0.369 e. The fraction of sp³-hybridized carbons (Fsp3) is 0.286. The molecule has 2 fully saturated rings. The fourth-order valence-corrected chi connectivity index (χ4v) is 4.54. The molecule has 35 heavy (non-hydrogen) atoms. The van der Waals surface area contributed by atoms with E-state index in [2.05, 4.69) is 21.3 Å². The van der Waals surface area contributed by atoms with Crippen LogP contribution in [0.2, 0.25) is 0 Å². The smallest absolute Gasteiger partial charge is 0.171 e. The summed E-state index contributed by atoms with van der Waals surface area (Å²) in [7, 11) is 0. The molecule has 1 spiro atoms. The number of nitrogens with zero attached hydrogens (tertiary/aromatic N) is 3. The van der Waals surface area contributed by atoms with E-state index in [1.807, 2.05) is 49.4 Å². The lowest BCUT2D eigenvalue weighted by molar-refractivity contribution is -0.169. The van der Waals surface area contributed by atoms with E-state index in [9.17, 15) is 4.39 Å². The summed E-state index contributed by atoms with van der Waals surface area (Å²) in [6.07, 6.45) is 3.25. The number of ether oxygens (including phenoxy) is 2. The Morgan fingerprint density at radius 3 is 2.37 bits per heavy atom. The van der Waals surface area contributed by atoms with Crippen molar-refractivity contribution in [2.24, 2.45) is 9.98 Å². The van der Waals surface area contributed by atoms with Gasteiger partial charge in [-0.3, -0.25) is 0 Å². The molecule has 3 aromatic rings. The first-order valence-corrected chi connectivity index (χ1v) is 11.9. The predicted molar refractivity (Wildman–Crippen MR) is 138 cm³/mol. The lowest BCUT2D eigenvalue weighted by Gasteiger charge is -2.39. The number of para-hydroxylation sites is 2. The van der Waals surface area contributed by atoms with Crippen molar-refractivity contribution in [2.75, 3.05) is 36.5 Å². The Morgan fingerprint density at radius 2 is 1.63 bits per heavy atom. The number of hydrogen-bond acceptors (Lipinski definition) is 4. The summed E-state index contributed by atoms with van der Waals surface area (Å²) in [5, 5.41) is 3.31. The fourth-order valence-electron chi connectivity index (χ4n) is 4.54. The van der Waals surface area contributed by atoms with E-state index in [4.69, 9.17) is 14.5 Å². The van der Waals surface area contributed by atoms with Crippen molar-refractivity contribution in [1.82, 2.24) is 0 Å². The van der Waals surface area contributed by atoms with E-state index in [0.717, 1.165) is 54.1 Å². The Balaban J connectivity index is 1.38. The molecule has 0 atom stereocenters. The van der Waals surface area contributed by atoms with Crippen LogP contribution in [0.3, 0.4) is 0 Å². The summed E-state index contributed by atoms with van der Waals surface area (Å²) in [5.74, 6) is -0.0443. The molecule has 7 heteroatoms. The lowest BCUT2D eigenvalue weighted by atomic mass is 10.0. The molecule has 6 nitrogen and oxygen atoms in total. The van der Waals surface area contributed by atoms with Crippen LogP contribution in [0.5, 0.6) is 0 Å². The number of rotatable bonds is 5. The number of aryl methyl sites for hydroxylation is 1. The number of benzene rings is 3. The van der Waals surface area contributed by atoms with Gasteiger partial charge in [-0.05, 0) is 48.9 Å². The van der Waals surface area contributed by atoms with E-state index in [0.29, 0.717) is 19.0 Å². The van der Waals surface area contributed by atoms with Crippen LogP contribution < -0.4 is 10.2 Å². The zero-order valence-electron chi connectivity index (χ0n) is 19.8. The molecule has 3 aromatic carbocycles. The molecule has 5 rings (SSSR count). The Hall–Kier alpha value is -3.55. The minimum atomic E-state index is -0.409. The molecule has 0 unspecified atom stereocenters. The Labute approximate surface area is 205 Å². The van der Waals surface area contributed by atoms with E-state index in [-0.39, 0.29) is 5.82 Å². The molecule has 0 aliphatic carbocycles. The molecule has 0 bridgehead atoms. The average molecular weight is 473 g/mol. The van der Waals surface area contributed by atoms with Crippen molar-refractivity contribution < 1.29 is 13.9 Å². The first kappa shape index (κ1) is 23.2. The molecular formula is C28H29FN4O2. The van der Waals surface area contributed by atoms with Gasteiger partial charge in [-0.15, -0.1) is 0 Å². The van der Waals surface area contributed by atoms with E-state index in [1.165, 1.54) is 12.1 Å². The zero-order chi connectivity index (χ0) is 24.1. The third kappa shape index (κ3) is 5.42. The highest BCUT2D eigenvalue weighted by atomic mass is 19.1. The first-order valence-electron chi connectivity index (χ1n) is 11.9. The topological polar surface area (TPSA) is 58.5 Å². The van der Waals surface area contributed by atoms with Crippen molar-refractivity contribution in [3.63, 3.8) is 0 Å². The second kappa shape index (κ2) is 10.4. The van der Waals surface area contributed by atoms with Gasteiger partial charge in [0.25, 0.3) is 0 Å². The van der Waals surface area contributed by atoms with Crippen LogP contribution in [0.4, 0.5) is 21.5 Å². The number of hydrogen-bond donors (Lipinski definition) is 1. The quantitative estimate of drug-likeness (QED) is 0.383. The molecule has 0 radical (unpaired) electrons. The third-order valence-corrected chi connectivity index (χ3v) is 6.45. The van der Waals surface area contributed by atoms with Gasteiger partial charge in [0, 0.05) is 37.2 Å². The van der Waals surface area contributed by atoms with Crippen LogP contribution in [-0.4, -0.2) is 44.3 Å². The van der Waals surface area contributed by atoms with Crippen LogP contribution in [0, 0.1) is 12.7 Å². The molecule has 0 amide bonds. The van der Waals surface area contributed by atoms with Gasteiger partial charge < -0.3 is 19.7 Å². The molecule has 2 heterocycles. The highest BCUT2D eigenvalue weighted by molar-refractivity contribution is 6.11. The first-order chi connectivity index (χ1) is 17.1. The number of aliphatic imine (C=N–C) groups is 2. The average Bonchev–Trinajstić information content (AvgIpc) is 3.34. The van der Waals surface area contributed by atoms with Crippen molar-refractivity contribution in [3.8, 4) is 0 Å². The monoisotopic (exact) mass is 472 g/mol. The second-order valence-electron chi connectivity index (χ2n) is 8.75. The molecular weight excluding hydrogens is 443 g/mol. The number of amidine groups is 1. The molecule has 1 N–H and O–H groups in total. The number of anilines is 2. The summed E-state index contributed by atoms with van der Waals surface area (Å²) < 4.78 is 25.1. The molecule has 0 aromatic heterocycles. The standard InChI is InChI=1S/C28H29FN4O2/c1-21-6-2-3-7-24(21)27(32-23-12-10-22(29)11-13-23)31-20-30-25-8-4-5-9-26(25)33-16-14-28(15-17-33)34-18-19-35-28/h2-13,20H,14-19H2,1H3,(H,30,31,32). The molecule has 2 aliphatic rings. The number of halogens is 1. The van der Waals surface area contributed by atoms with Gasteiger partial charge in [0.05, 0.1) is 24.6 Å². The van der Waals surface area contributed by atoms with Crippen LogP contribution in [0.1, 0.15) is 24.0 Å². The zero-order valence-corrected chi connectivity index (χ0v) is 19.8. The summed E-state index contributed by atoms with van der Waals surface area (Å²) in [6.45, 7) is 5.07. The predicted octanol–water partition coefficient (Wildman–Crippen LogP) is 5.70. The summed E-state index contributed by atoms with van der Waals surface area (Å²) in [6, 6.07) is 22.3. The van der Waals surface area contributed by atoms with Crippen LogP contribution in [0.25, 0.3) is 0 Å². The summed E-state index contributed by atoms with van der Waals surface area (Å²) in [5.41, 5.74) is 4.70. The highest BCUT2D eigenvalue weighted by Crippen LogP contribution is 2.36. The van der Waals surface area contributed by atoms with Gasteiger partial charge in [-0.2, -0.15) is 0 Å². The normalized spacial score (nSPS) is 17.9. The maximum atomic E-state index is 13.4. The van der Waals surface area contributed by atoms with Crippen molar-refractivity contribution >= 4 is 29.2 Å². The summed E-state index contributed by atoms with van der Waals surface area (Å²) >= 11 is 0. The molecule has 2 aliphatic heterocycles. The van der Waals surface area contributed by atoms with Crippen LogP contribution >= 0.6 is 0 Å². The molecule has 0 saturated carbocycles. The third-order valence-electron chi connectivity index (χ3n) is 6.45. The van der Waals surface area contributed by atoms with E-state index < -0.39 is 5.79 Å². The maximum Gasteiger partial charge on any atom is 0.171 e. The van der Waals surface area contributed by atoms with Gasteiger partial charge in [0.1, 0.15) is 18.0 Å². The minimum absolute atomic E-state index is 0.280. The SMILES string of the molecule is Cc1ccccc1C(=NC=Nc1ccccc1N1CCC2(CC1)OCCO2)Nc1ccc(F)cc1. The van der Waals surface area contributed by atoms with Gasteiger partial charge >= 0.3 is 0 Å². The van der Waals surface area contributed by atoms with Gasteiger partial charge in [0.2, 0.25) is 0 Å². The van der Waals surface area contributed by atoms with E-state index >= 15 is 0 Å².